The third-order valence-electron chi connectivity index (χ3n) is 2.52. The third kappa shape index (κ3) is 1.69. The van der Waals surface area contributed by atoms with Crippen LogP contribution in [0.25, 0.3) is 11.0 Å². The van der Waals surface area contributed by atoms with Crippen LogP contribution in [-0.2, 0) is 7.05 Å². The highest BCUT2D eigenvalue weighted by Crippen LogP contribution is 2.12. The second-order valence-corrected chi connectivity index (χ2v) is 3.75. The summed E-state index contributed by atoms with van der Waals surface area (Å²) in [5, 5.41) is 20.5. The Balaban J connectivity index is 1.89. The Hall–Kier alpha value is -2.77. The maximum Gasteiger partial charge on any atom is 0.258 e. The molecule has 2 N–H and O–H groups in total. The van der Waals surface area contributed by atoms with Crippen LogP contribution < -0.4 is 5.32 Å². The van der Waals surface area contributed by atoms with E-state index in [1.807, 2.05) is 0 Å². The molecule has 0 unspecified atom stereocenters. The number of hydrogen-bond acceptors (Lipinski definition) is 5. The maximum absolute atomic E-state index is 12.0. The van der Waals surface area contributed by atoms with Gasteiger partial charge in [0, 0.05) is 12.6 Å². The average Bonchev–Trinajstić information content (AvgIpc) is 2.98. The van der Waals surface area contributed by atoms with Gasteiger partial charge < -0.3 is 4.57 Å². The van der Waals surface area contributed by atoms with Gasteiger partial charge in [0.05, 0.1) is 0 Å². The Morgan fingerprint density at radius 3 is 2.94 bits per heavy atom. The molecule has 90 valence electrons. The summed E-state index contributed by atoms with van der Waals surface area (Å²) in [5.74, 6) is 0.122. The molecule has 3 rings (SSSR count). The van der Waals surface area contributed by atoms with Crippen molar-refractivity contribution in [3.63, 3.8) is 0 Å². The number of nitrogens with one attached hydrogen (secondary N) is 2. The molecule has 0 radical (unpaired) electrons. The number of hydrogen-bond donors (Lipinski definition) is 2. The van der Waals surface area contributed by atoms with Crippen LogP contribution in [0.2, 0.25) is 0 Å². The number of aromatic amines is 1. The van der Waals surface area contributed by atoms with E-state index in [0.717, 1.165) is 0 Å². The lowest BCUT2D eigenvalue weighted by Crippen LogP contribution is -2.14. The average molecular weight is 243 g/mol. The van der Waals surface area contributed by atoms with Crippen molar-refractivity contribution in [2.24, 2.45) is 7.05 Å². The van der Waals surface area contributed by atoms with Crippen molar-refractivity contribution in [1.82, 2.24) is 30.2 Å². The summed E-state index contributed by atoms with van der Waals surface area (Å²) in [6, 6.07) is 5.06. The predicted octanol–water partition coefficient (Wildman–Crippen LogP) is 0.339. The summed E-state index contributed by atoms with van der Waals surface area (Å²) in [5.41, 5.74) is 1.84. The van der Waals surface area contributed by atoms with Crippen molar-refractivity contribution in [2.45, 2.75) is 0 Å². The van der Waals surface area contributed by atoms with Crippen molar-refractivity contribution in [2.75, 3.05) is 5.32 Å². The maximum atomic E-state index is 12.0. The predicted molar refractivity (Wildman–Crippen MR) is 62.8 cm³/mol. The molecule has 0 spiro atoms. The molecule has 0 aliphatic rings. The van der Waals surface area contributed by atoms with E-state index in [1.165, 1.54) is 6.33 Å². The Labute approximate surface area is 101 Å². The first-order valence-electron chi connectivity index (χ1n) is 5.20. The highest BCUT2D eigenvalue weighted by molar-refractivity contribution is 6.05. The summed E-state index contributed by atoms with van der Waals surface area (Å²) >= 11 is 0. The Bertz CT molecular complexity index is 714. The van der Waals surface area contributed by atoms with Gasteiger partial charge in [-0.15, -0.1) is 10.2 Å². The van der Waals surface area contributed by atoms with Gasteiger partial charge in [0.15, 0.2) is 0 Å². The number of H-pyrrole nitrogens is 1. The molecule has 1 aromatic carbocycles. The van der Waals surface area contributed by atoms with E-state index in [1.54, 1.807) is 29.8 Å². The number of rotatable bonds is 2. The Kier molecular flexibility index (Phi) is 2.26. The Morgan fingerprint density at radius 1 is 1.33 bits per heavy atom. The second kappa shape index (κ2) is 3.91. The van der Waals surface area contributed by atoms with Crippen LogP contribution in [0.3, 0.4) is 0 Å². The quantitative estimate of drug-likeness (QED) is 0.675. The topological polar surface area (TPSA) is 101 Å². The number of nitrogens with zero attached hydrogens (tertiary/aromatic N) is 5. The molecule has 2 aromatic heterocycles. The fraction of sp³-hybridized carbons (Fsp3) is 0.100. The molecular formula is C10H9N7O. The van der Waals surface area contributed by atoms with E-state index in [0.29, 0.717) is 22.5 Å². The first kappa shape index (κ1) is 10.4. The first-order valence-corrected chi connectivity index (χ1v) is 5.20. The minimum Gasteiger partial charge on any atom is -0.303 e. The molecule has 3 aromatic rings. The standard InChI is InChI=1S/C10H9N7O/c1-17-5-11-15-10(17)12-9(18)6-2-3-7-8(4-6)14-16-13-7/h2-5H,1H3,(H,12,15,18)(H,13,14,16). The summed E-state index contributed by atoms with van der Waals surface area (Å²) in [4.78, 5) is 12.0. The number of amides is 1. The minimum absolute atomic E-state index is 0.268. The zero-order valence-corrected chi connectivity index (χ0v) is 9.45. The van der Waals surface area contributed by atoms with Crippen LogP contribution in [0, 0.1) is 0 Å². The molecule has 0 fully saturated rings. The van der Waals surface area contributed by atoms with Gasteiger partial charge in [-0.3, -0.25) is 10.1 Å². The Morgan fingerprint density at radius 2 is 2.17 bits per heavy atom. The minimum atomic E-state index is -0.268. The summed E-state index contributed by atoms with van der Waals surface area (Å²) in [6.07, 6.45) is 1.51. The molecule has 0 saturated heterocycles. The molecule has 1 amide bonds. The zero-order chi connectivity index (χ0) is 12.5. The number of carbonyl (C=O) groups excluding carboxylic acids is 1. The smallest absolute Gasteiger partial charge is 0.258 e. The molecule has 8 heteroatoms. The summed E-state index contributed by atoms with van der Waals surface area (Å²) < 4.78 is 1.62. The SMILES string of the molecule is Cn1cnnc1NC(=O)c1ccc2n[nH]nc2c1. The van der Waals surface area contributed by atoms with Gasteiger partial charge in [-0.05, 0) is 18.2 Å². The van der Waals surface area contributed by atoms with Crippen LogP contribution in [-0.4, -0.2) is 36.1 Å². The summed E-state index contributed by atoms with van der Waals surface area (Å²) in [7, 11) is 1.75. The highest BCUT2D eigenvalue weighted by Gasteiger charge is 2.10. The normalized spacial score (nSPS) is 10.7. The van der Waals surface area contributed by atoms with Gasteiger partial charge in [0.1, 0.15) is 17.4 Å². The number of carbonyl (C=O) groups is 1. The van der Waals surface area contributed by atoms with Crippen LogP contribution in [0.1, 0.15) is 10.4 Å². The zero-order valence-electron chi connectivity index (χ0n) is 9.45. The molecule has 0 aliphatic carbocycles. The number of benzene rings is 1. The first-order chi connectivity index (χ1) is 8.74. The number of fused-ring (bicyclic) bond motifs is 1. The van der Waals surface area contributed by atoms with E-state index in [9.17, 15) is 4.79 Å². The van der Waals surface area contributed by atoms with Crippen molar-refractivity contribution >= 4 is 22.9 Å². The summed E-state index contributed by atoms with van der Waals surface area (Å²) in [6.45, 7) is 0. The number of anilines is 1. The monoisotopic (exact) mass is 243 g/mol. The third-order valence-corrected chi connectivity index (χ3v) is 2.52. The lowest BCUT2D eigenvalue weighted by atomic mass is 10.2. The fourth-order valence-electron chi connectivity index (χ4n) is 1.55. The second-order valence-electron chi connectivity index (χ2n) is 3.75. The van der Waals surface area contributed by atoms with Gasteiger partial charge in [-0.1, -0.05) is 0 Å². The molecule has 0 aliphatic heterocycles. The van der Waals surface area contributed by atoms with Gasteiger partial charge in [0.25, 0.3) is 5.91 Å². The van der Waals surface area contributed by atoms with E-state index in [-0.39, 0.29) is 5.91 Å². The van der Waals surface area contributed by atoms with E-state index in [2.05, 4.69) is 30.9 Å². The van der Waals surface area contributed by atoms with E-state index < -0.39 is 0 Å². The number of aryl methyl sites for hydroxylation is 1. The van der Waals surface area contributed by atoms with Crippen molar-refractivity contribution in [1.29, 1.82) is 0 Å². The highest BCUT2D eigenvalue weighted by atomic mass is 16.1. The largest absolute Gasteiger partial charge is 0.303 e. The van der Waals surface area contributed by atoms with Gasteiger partial charge in [-0.25, -0.2) is 0 Å². The van der Waals surface area contributed by atoms with Gasteiger partial charge in [-0.2, -0.15) is 15.4 Å². The van der Waals surface area contributed by atoms with E-state index >= 15 is 0 Å². The molecule has 18 heavy (non-hydrogen) atoms. The van der Waals surface area contributed by atoms with Gasteiger partial charge in [0.2, 0.25) is 5.95 Å². The number of aromatic nitrogens is 6. The molecule has 8 nitrogen and oxygen atoms in total. The van der Waals surface area contributed by atoms with Crippen molar-refractivity contribution in [3.05, 3.63) is 30.1 Å². The molecular weight excluding hydrogens is 234 g/mol. The van der Waals surface area contributed by atoms with Crippen LogP contribution in [0.15, 0.2) is 24.5 Å². The van der Waals surface area contributed by atoms with Crippen molar-refractivity contribution in [3.8, 4) is 0 Å². The van der Waals surface area contributed by atoms with Crippen LogP contribution in [0.5, 0.6) is 0 Å². The van der Waals surface area contributed by atoms with Gasteiger partial charge >= 0.3 is 0 Å². The molecule has 2 heterocycles. The van der Waals surface area contributed by atoms with E-state index in [4.69, 9.17) is 0 Å². The lowest BCUT2D eigenvalue weighted by molar-refractivity contribution is 0.102. The lowest BCUT2D eigenvalue weighted by Gasteiger charge is -2.03. The van der Waals surface area contributed by atoms with Crippen molar-refractivity contribution < 1.29 is 4.79 Å². The molecule has 0 atom stereocenters. The fourth-order valence-corrected chi connectivity index (χ4v) is 1.55. The molecule has 0 saturated carbocycles. The van der Waals surface area contributed by atoms with Crippen LogP contribution in [0.4, 0.5) is 5.95 Å². The molecule has 0 bridgehead atoms. The van der Waals surface area contributed by atoms with Crippen LogP contribution >= 0.6 is 0 Å².